The largest absolute Gasteiger partial charge is 0.462 e. The van der Waals surface area contributed by atoms with Crippen molar-refractivity contribution in [3.8, 4) is 12.3 Å². The Morgan fingerprint density at radius 3 is 2.43 bits per heavy atom. The summed E-state index contributed by atoms with van der Waals surface area (Å²) in [4.78, 5) is 11.2. The lowest BCUT2D eigenvalue weighted by molar-refractivity contribution is 0.0526. The van der Waals surface area contributed by atoms with Crippen LogP contribution in [0.3, 0.4) is 0 Å². The Morgan fingerprint density at radius 2 is 2.00 bits per heavy atom. The Morgan fingerprint density at radius 1 is 1.43 bits per heavy atom. The summed E-state index contributed by atoms with van der Waals surface area (Å²) in [5.41, 5.74) is 1.29. The number of benzene rings is 1. The second kappa shape index (κ2) is 6.06. The van der Waals surface area contributed by atoms with Crippen molar-refractivity contribution in [3.05, 3.63) is 35.4 Å². The van der Waals surface area contributed by atoms with Crippen molar-refractivity contribution in [2.24, 2.45) is 0 Å². The van der Waals surface area contributed by atoms with Gasteiger partial charge in [-0.25, -0.2) is 4.79 Å². The molecular formula is C11H11ClO2. The van der Waals surface area contributed by atoms with Crippen molar-refractivity contribution in [1.29, 1.82) is 0 Å². The molecule has 0 unspecified atom stereocenters. The third-order valence-electron chi connectivity index (χ3n) is 1.56. The number of carbonyl (C=O) groups is 1. The van der Waals surface area contributed by atoms with Gasteiger partial charge in [-0.2, -0.15) is 0 Å². The molecule has 0 radical (unpaired) electrons. The maximum absolute atomic E-state index is 11.2. The monoisotopic (exact) mass is 210 g/mol. The number of hydrogen-bond acceptors (Lipinski definition) is 2. The molecule has 1 aromatic rings. The Hall–Kier alpha value is -1.46. The van der Waals surface area contributed by atoms with E-state index >= 15 is 0 Å². The zero-order valence-electron chi connectivity index (χ0n) is 7.82. The van der Waals surface area contributed by atoms with Crippen molar-refractivity contribution in [1.82, 2.24) is 0 Å². The molecule has 1 aromatic carbocycles. The van der Waals surface area contributed by atoms with Crippen molar-refractivity contribution in [3.63, 3.8) is 0 Å². The second-order valence-corrected chi connectivity index (χ2v) is 2.44. The number of rotatable bonds is 2. The van der Waals surface area contributed by atoms with Crippen molar-refractivity contribution in [2.45, 2.75) is 6.92 Å². The van der Waals surface area contributed by atoms with E-state index in [1.54, 1.807) is 31.2 Å². The van der Waals surface area contributed by atoms with Crippen LogP contribution in [0, 0.1) is 12.3 Å². The lowest BCUT2D eigenvalue weighted by Gasteiger charge is -2.00. The van der Waals surface area contributed by atoms with E-state index in [9.17, 15) is 4.79 Å². The molecule has 2 nitrogen and oxygen atoms in total. The van der Waals surface area contributed by atoms with Gasteiger partial charge in [-0.3, -0.25) is 0 Å². The van der Waals surface area contributed by atoms with E-state index in [0.29, 0.717) is 12.2 Å². The van der Waals surface area contributed by atoms with Crippen LogP contribution >= 0.6 is 12.4 Å². The van der Waals surface area contributed by atoms with Gasteiger partial charge in [0.2, 0.25) is 0 Å². The molecule has 0 aromatic heterocycles. The quantitative estimate of drug-likeness (QED) is 0.553. The highest BCUT2D eigenvalue weighted by atomic mass is 35.5. The third kappa shape index (κ3) is 3.12. The molecule has 0 N–H and O–H groups in total. The minimum atomic E-state index is -0.314. The summed E-state index contributed by atoms with van der Waals surface area (Å²) >= 11 is 0. The summed E-state index contributed by atoms with van der Waals surface area (Å²) in [6, 6.07) is 6.75. The first-order chi connectivity index (χ1) is 6.27. The number of carbonyl (C=O) groups excluding carboxylic acids is 1. The summed E-state index contributed by atoms with van der Waals surface area (Å²) in [6.07, 6.45) is 5.17. The van der Waals surface area contributed by atoms with Crippen molar-refractivity contribution >= 4 is 18.4 Å². The number of esters is 1. The van der Waals surface area contributed by atoms with Gasteiger partial charge in [0.15, 0.2) is 0 Å². The van der Waals surface area contributed by atoms with Crippen LogP contribution in [0.2, 0.25) is 0 Å². The average Bonchev–Trinajstić information content (AvgIpc) is 2.18. The Bertz CT molecular complexity index is 335. The van der Waals surface area contributed by atoms with E-state index in [4.69, 9.17) is 11.2 Å². The smallest absolute Gasteiger partial charge is 0.338 e. The van der Waals surface area contributed by atoms with E-state index in [1.807, 2.05) is 0 Å². The first-order valence-corrected chi connectivity index (χ1v) is 4.01. The minimum Gasteiger partial charge on any atom is -0.462 e. The highest BCUT2D eigenvalue weighted by molar-refractivity contribution is 5.89. The molecule has 1 rings (SSSR count). The SMILES string of the molecule is C#Cc1ccc(C(=O)OCC)cc1.Cl. The van der Waals surface area contributed by atoms with Crippen LogP contribution in [0.1, 0.15) is 22.8 Å². The predicted molar refractivity (Wildman–Crippen MR) is 57.6 cm³/mol. The fourth-order valence-corrected chi connectivity index (χ4v) is 0.917. The van der Waals surface area contributed by atoms with Crippen LogP contribution in [0.15, 0.2) is 24.3 Å². The van der Waals surface area contributed by atoms with Crippen molar-refractivity contribution in [2.75, 3.05) is 6.61 Å². The van der Waals surface area contributed by atoms with Crippen LogP contribution in [0.5, 0.6) is 0 Å². The highest BCUT2D eigenvalue weighted by Gasteiger charge is 2.04. The molecule has 0 bridgehead atoms. The molecule has 3 heteroatoms. The van der Waals surface area contributed by atoms with Gasteiger partial charge in [-0.15, -0.1) is 18.8 Å². The van der Waals surface area contributed by atoms with Crippen LogP contribution in [-0.4, -0.2) is 12.6 Å². The number of halogens is 1. The van der Waals surface area contributed by atoms with Gasteiger partial charge in [0, 0.05) is 5.56 Å². The van der Waals surface area contributed by atoms with E-state index < -0.39 is 0 Å². The van der Waals surface area contributed by atoms with Gasteiger partial charge in [-0.1, -0.05) is 5.92 Å². The summed E-state index contributed by atoms with van der Waals surface area (Å²) in [7, 11) is 0. The Kier molecular flexibility index (Phi) is 5.43. The number of hydrogen-bond donors (Lipinski definition) is 0. The summed E-state index contributed by atoms with van der Waals surface area (Å²) in [5, 5.41) is 0. The molecule has 14 heavy (non-hydrogen) atoms. The Labute approximate surface area is 89.7 Å². The molecule has 0 saturated heterocycles. The van der Waals surface area contributed by atoms with Gasteiger partial charge in [0.05, 0.1) is 12.2 Å². The predicted octanol–water partition coefficient (Wildman–Crippen LogP) is 2.27. The zero-order valence-corrected chi connectivity index (χ0v) is 8.64. The van der Waals surface area contributed by atoms with E-state index in [2.05, 4.69) is 5.92 Å². The maximum atomic E-state index is 11.2. The van der Waals surface area contributed by atoms with Gasteiger partial charge < -0.3 is 4.74 Å². The first kappa shape index (κ1) is 12.5. The minimum absolute atomic E-state index is 0. The first-order valence-electron chi connectivity index (χ1n) is 4.01. The molecule has 0 aliphatic heterocycles. The van der Waals surface area contributed by atoms with Gasteiger partial charge in [0.25, 0.3) is 0 Å². The molecule has 0 fully saturated rings. The molecule has 74 valence electrons. The topological polar surface area (TPSA) is 26.3 Å². The second-order valence-electron chi connectivity index (χ2n) is 2.44. The molecule has 0 amide bonds. The fraction of sp³-hybridized carbons (Fsp3) is 0.182. The molecule has 0 aliphatic rings. The van der Waals surface area contributed by atoms with Crippen LogP contribution in [0.4, 0.5) is 0 Å². The molecule has 0 heterocycles. The van der Waals surface area contributed by atoms with Gasteiger partial charge in [-0.05, 0) is 31.2 Å². The van der Waals surface area contributed by atoms with Crippen LogP contribution in [-0.2, 0) is 4.74 Å². The van der Waals surface area contributed by atoms with E-state index in [0.717, 1.165) is 5.56 Å². The molecule has 0 aliphatic carbocycles. The van der Waals surface area contributed by atoms with Crippen LogP contribution in [0.25, 0.3) is 0 Å². The van der Waals surface area contributed by atoms with E-state index in [1.165, 1.54) is 0 Å². The lowest BCUT2D eigenvalue weighted by atomic mass is 10.1. The molecule has 0 saturated carbocycles. The molecule has 0 spiro atoms. The van der Waals surface area contributed by atoms with Gasteiger partial charge >= 0.3 is 5.97 Å². The zero-order chi connectivity index (χ0) is 9.68. The summed E-state index contributed by atoms with van der Waals surface area (Å²) < 4.78 is 4.81. The summed E-state index contributed by atoms with van der Waals surface area (Å²) in [5.74, 6) is 2.16. The number of ether oxygens (including phenoxy) is 1. The normalized spacial score (nSPS) is 8.29. The lowest BCUT2D eigenvalue weighted by Crippen LogP contribution is -2.03. The van der Waals surface area contributed by atoms with E-state index in [-0.39, 0.29) is 18.4 Å². The van der Waals surface area contributed by atoms with Crippen molar-refractivity contribution < 1.29 is 9.53 Å². The van der Waals surface area contributed by atoms with Crippen LogP contribution < -0.4 is 0 Å². The standard InChI is InChI=1S/C11H10O2.ClH/c1-3-9-5-7-10(8-6-9)11(12)13-4-2;/h1,5-8H,4H2,2H3;1H. The number of terminal acetylenes is 1. The Balaban J connectivity index is 0.00000169. The summed E-state index contributed by atoms with van der Waals surface area (Å²) in [6.45, 7) is 2.16. The molecule has 0 atom stereocenters. The average molecular weight is 211 g/mol. The maximum Gasteiger partial charge on any atom is 0.338 e. The fourth-order valence-electron chi connectivity index (χ4n) is 0.917. The third-order valence-corrected chi connectivity index (χ3v) is 1.56. The molecular weight excluding hydrogens is 200 g/mol. The van der Waals surface area contributed by atoms with Gasteiger partial charge in [0.1, 0.15) is 0 Å². The highest BCUT2D eigenvalue weighted by Crippen LogP contribution is 2.04.